The van der Waals surface area contributed by atoms with Gasteiger partial charge in [-0.3, -0.25) is 28.8 Å². The van der Waals surface area contributed by atoms with Gasteiger partial charge in [0.1, 0.15) is 6.10 Å². The minimum absolute atomic E-state index is 0.0212. The van der Waals surface area contributed by atoms with Crippen molar-refractivity contribution in [3.05, 3.63) is 0 Å². The van der Waals surface area contributed by atoms with E-state index < -0.39 is 5.97 Å². The molecule has 0 heterocycles. The van der Waals surface area contributed by atoms with Crippen LogP contribution < -0.4 is 10.6 Å². The highest BCUT2D eigenvalue weighted by Crippen LogP contribution is 2.20. The first kappa shape index (κ1) is 87.7. The summed E-state index contributed by atoms with van der Waals surface area (Å²) in [7, 11) is 0. The average Bonchev–Trinajstić information content (AvgIpc) is 3.64. The molecule has 536 valence electrons. The van der Waals surface area contributed by atoms with Crippen molar-refractivity contribution in [3.8, 4) is 0 Å². The van der Waals surface area contributed by atoms with E-state index in [0.717, 1.165) is 200 Å². The summed E-state index contributed by atoms with van der Waals surface area (Å²) in [6.45, 7) is 16.7. The molecule has 0 atom stereocenters. The fraction of sp³-hybridized carbons (Fsp3) is 0.922. The van der Waals surface area contributed by atoms with E-state index in [1.54, 1.807) is 0 Å². The van der Waals surface area contributed by atoms with Gasteiger partial charge in [-0.15, -0.1) is 0 Å². The number of carboxylic acid groups (broad SMARTS) is 1. The maximum absolute atomic E-state index is 13.0. The van der Waals surface area contributed by atoms with Gasteiger partial charge in [0.2, 0.25) is 11.8 Å². The Morgan fingerprint density at radius 3 is 0.901 bits per heavy atom. The van der Waals surface area contributed by atoms with E-state index in [1.807, 2.05) is 0 Å². The van der Waals surface area contributed by atoms with E-state index in [2.05, 4.69) is 48.1 Å². The van der Waals surface area contributed by atoms with Crippen molar-refractivity contribution >= 4 is 35.7 Å². The van der Waals surface area contributed by atoms with Gasteiger partial charge in [-0.25, -0.2) is 0 Å². The lowest BCUT2D eigenvalue weighted by Gasteiger charge is -2.22. The molecule has 0 aromatic heterocycles. The van der Waals surface area contributed by atoms with Gasteiger partial charge in [0.25, 0.3) is 0 Å². The number of aliphatic carboxylic acids is 1. The Morgan fingerprint density at radius 1 is 0.297 bits per heavy atom. The Morgan fingerprint density at radius 2 is 0.560 bits per heavy atom. The van der Waals surface area contributed by atoms with E-state index in [-0.39, 0.29) is 55.1 Å². The van der Waals surface area contributed by atoms with Crippen molar-refractivity contribution in [3.63, 3.8) is 0 Å². The Hall–Kier alpha value is -3.26. The molecular weight excluding hydrogens is 1140 g/mol. The number of amides is 2. The Bertz CT molecular complexity index is 1620. The third-order valence-electron chi connectivity index (χ3n) is 18.0. The lowest BCUT2D eigenvalue weighted by molar-refractivity contribution is -0.150. The van der Waals surface area contributed by atoms with Crippen LogP contribution in [-0.4, -0.2) is 122 Å². The number of carboxylic acids is 1. The second kappa shape index (κ2) is 71.0. The first-order valence-electron chi connectivity index (χ1n) is 39.2. The number of carbonyl (C=O) groups excluding carboxylic acids is 5. The SMILES string of the molecule is CCCCCCCCCCCOC(=O)CCCCCN(CCCCCCCC(=O)O)CCCNC(=O)CCC(=O)NCCCN(CCCCCCCC(=O)OC(CCCCCCCC)CCCCCCCC)CCCCCC(=O)OCCCCCCCCCCC. The topological polar surface area (TPSA) is 181 Å². The third kappa shape index (κ3) is 68.0. The van der Waals surface area contributed by atoms with Gasteiger partial charge < -0.3 is 39.8 Å². The molecule has 0 spiro atoms. The second-order valence-electron chi connectivity index (χ2n) is 27.0. The number of rotatable bonds is 74. The standard InChI is InChI=1S/C77H148N4O10/c1-5-9-13-17-21-23-25-35-49-69-89-75(86)56-43-37-47-65-80(63-45-33-27-31-41-55-74(84)85)67-51-61-78-72(82)59-60-73(83)79-62-52-68-81(66-48-38-44-57-76(87)90-70-50-36-26-24-22-18-14-10-6-2)64-46-34-28-32-42-58-77(88)91-71(53-39-29-19-15-11-7-3)54-40-30-20-16-12-8-4/h71H,5-70H2,1-4H3,(H,78,82)(H,79,83)(H,84,85). The van der Waals surface area contributed by atoms with Gasteiger partial charge >= 0.3 is 23.9 Å². The van der Waals surface area contributed by atoms with Gasteiger partial charge in [0.15, 0.2) is 0 Å². The Kier molecular flexibility index (Phi) is 68.5. The molecule has 91 heavy (non-hydrogen) atoms. The van der Waals surface area contributed by atoms with E-state index in [4.69, 9.17) is 19.3 Å². The Balaban J connectivity index is 4.94. The fourth-order valence-electron chi connectivity index (χ4n) is 12.1. The molecule has 14 nitrogen and oxygen atoms in total. The van der Waals surface area contributed by atoms with Crippen LogP contribution in [0.15, 0.2) is 0 Å². The molecule has 0 aliphatic rings. The van der Waals surface area contributed by atoms with E-state index in [0.29, 0.717) is 52.0 Å². The molecule has 0 aliphatic carbocycles. The molecule has 0 aliphatic heterocycles. The maximum Gasteiger partial charge on any atom is 0.306 e. The summed E-state index contributed by atoms with van der Waals surface area (Å²) < 4.78 is 17.2. The predicted molar refractivity (Wildman–Crippen MR) is 380 cm³/mol. The second-order valence-corrected chi connectivity index (χ2v) is 27.0. The smallest absolute Gasteiger partial charge is 0.306 e. The zero-order chi connectivity index (χ0) is 66.4. The zero-order valence-corrected chi connectivity index (χ0v) is 60.3. The number of ether oxygens (including phenoxy) is 3. The first-order chi connectivity index (χ1) is 44.5. The van der Waals surface area contributed by atoms with Crippen LogP contribution in [0.5, 0.6) is 0 Å². The van der Waals surface area contributed by atoms with Crippen LogP contribution in [0.3, 0.4) is 0 Å². The van der Waals surface area contributed by atoms with Crippen LogP contribution in [0.1, 0.15) is 387 Å². The molecule has 3 N–H and O–H groups in total. The van der Waals surface area contributed by atoms with Crippen LogP contribution in [0, 0.1) is 0 Å². The zero-order valence-electron chi connectivity index (χ0n) is 60.3. The van der Waals surface area contributed by atoms with Crippen molar-refractivity contribution in [1.29, 1.82) is 0 Å². The largest absolute Gasteiger partial charge is 0.481 e. The highest BCUT2D eigenvalue weighted by Gasteiger charge is 2.16. The molecule has 14 heteroatoms. The minimum Gasteiger partial charge on any atom is -0.481 e. The minimum atomic E-state index is -0.736. The monoisotopic (exact) mass is 1290 g/mol. The van der Waals surface area contributed by atoms with Crippen LogP contribution in [-0.2, 0) is 43.0 Å². The van der Waals surface area contributed by atoms with Gasteiger partial charge in [-0.1, -0.05) is 246 Å². The fourth-order valence-corrected chi connectivity index (χ4v) is 12.1. The predicted octanol–water partition coefficient (Wildman–Crippen LogP) is 19.8. The van der Waals surface area contributed by atoms with E-state index in [9.17, 15) is 28.8 Å². The summed E-state index contributed by atoms with van der Waals surface area (Å²) >= 11 is 0. The average molecular weight is 1290 g/mol. The van der Waals surface area contributed by atoms with Gasteiger partial charge in [0.05, 0.1) is 13.2 Å². The number of nitrogens with one attached hydrogen (secondary N) is 2. The number of unbranched alkanes of at least 4 members (excludes halogenated alkanes) is 38. The molecule has 0 saturated heterocycles. The summed E-state index contributed by atoms with van der Waals surface area (Å²) in [6, 6.07) is 0. The van der Waals surface area contributed by atoms with Crippen molar-refractivity contribution in [1.82, 2.24) is 20.4 Å². The molecule has 0 fully saturated rings. The molecule has 0 aromatic rings. The number of esters is 3. The summed E-state index contributed by atoms with van der Waals surface area (Å²) in [5.41, 5.74) is 0. The quantitative estimate of drug-likeness (QED) is 0.0298. The molecule has 0 rings (SSSR count). The van der Waals surface area contributed by atoms with Gasteiger partial charge in [-0.05, 0) is 142 Å². The maximum atomic E-state index is 13.0. The summed E-state index contributed by atoms with van der Waals surface area (Å²) in [5.74, 6) is -1.15. The van der Waals surface area contributed by atoms with E-state index in [1.165, 1.54) is 154 Å². The van der Waals surface area contributed by atoms with Crippen molar-refractivity contribution < 1.29 is 48.1 Å². The molecule has 0 aromatic carbocycles. The normalized spacial score (nSPS) is 11.5. The number of carbonyl (C=O) groups is 6. The molecular formula is C77H148N4O10. The Labute approximate surface area is 560 Å². The lowest BCUT2D eigenvalue weighted by Crippen LogP contribution is -2.33. The van der Waals surface area contributed by atoms with Crippen molar-refractivity contribution in [2.24, 2.45) is 0 Å². The summed E-state index contributed by atoms with van der Waals surface area (Å²) in [6.07, 6.45) is 58.5. The molecule has 0 saturated carbocycles. The number of nitrogens with zero attached hydrogens (tertiary/aromatic N) is 2. The van der Waals surface area contributed by atoms with Crippen LogP contribution in [0.25, 0.3) is 0 Å². The van der Waals surface area contributed by atoms with Crippen molar-refractivity contribution in [2.45, 2.75) is 393 Å². The molecule has 0 radical (unpaired) electrons. The third-order valence-corrected chi connectivity index (χ3v) is 18.0. The molecule has 0 bridgehead atoms. The van der Waals surface area contributed by atoms with Gasteiger partial charge in [0, 0.05) is 51.6 Å². The van der Waals surface area contributed by atoms with Crippen LogP contribution in [0.4, 0.5) is 0 Å². The number of hydrogen-bond acceptors (Lipinski definition) is 11. The molecule has 0 unspecified atom stereocenters. The van der Waals surface area contributed by atoms with Crippen molar-refractivity contribution in [2.75, 3.05) is 65.6 Å². The number of hydrogen-bond donors (Lipinski definition) is 3. The van der Waals surface area contributed by atoms with Gasteiger partial charge in [-0.2, -0.15) is 0 Å². The highest BCUT2D eigenvalue weighted by molar-refractivity contribution is 5.83. The van der Waals surface area contributed by atoms with Crippen LogP contribution >= 0.6 is 0 Å². The first-order valence-corrected chi connectivity index (χ1v) is 39.2. The summed E-state index contributed by atoms with van der Waals surface area (Å²) in [4.78, 5) is 79.6. The molecule has 2 amide bonds. The lowest BCUT2D eigenvalue weighted by atomic mass is 10.0. The van der Waals surface area contributed by atoms with E-state index >= 15 is 0 Å². The van der Waals surface area contributed by atoms with Crippen LogP contribution in [0.2, 0.25) is 0 Å². The highest BCUT2D eigenvalue weighted by atomic mass is 16.5. The summed E-state index contributed by atoms with van der Waals surface area (Å²) in [5, 5.41) is 15.1.